The van der Waals surface area contributed by atoms with Crippen molar-refractivity contribution < 1.29 is 14.7 Å². The summed E-state index contributed by atoms with van der Waals surface area (Å²) in [6, 6.07) is 3.41. The number of urea groups is 1. The molecule has 0 atom stereocenters. The zero-order chi connectivity index (χ0) is 12.8. The second kappa shape index (κ2) is 5.95. The highest BCUT2D eigenvalue weighted by Gasteiger charge is 2.10. The van der Waals surface area contributed by atoms with Crippen molar-refractivity contribution >= 4 is 23.5 Å². The van der Waals surface area contributed by atoms with Crippen LogP contribution in [-0.2, 0) is 0 Å². The lowest BCUT2D eigenvalue weighted by atomic mass is 10.2. The molecule has 0 aromatic heterocycles. The Hall–Kier alpha value is -1.95. The fraction of sp³-hybridized carbons (Fsp3) is 0.200. The number of primary amides is 1. The van der Waals surface area contributed by atoms with E-state index in [1.165, 1.54) is 18.2 Å². The van der Waals surface area contributed by atoms with Gasteiger partial charge in [-0.25, -0.2) is 4.79 Å². The van der Waals surface area contributed by atoms with Crippen molar-refractivity contribution in [3.05, 3.63) is 28.8 Å². The molecule has 1 aromatic rings. The molecule has 0 saturated carbocycles. The van der Waals surface area contributed by atoms with E-state index in [1.54, 1.807) is 0 Å². The van der Waals surface area contributed by atoms with Gasteiger partial charge in [-0.2, -0.15) is 0 Å². The Balaban J connectivity index is 2.52. The number of halogens is 1. The number of amides is 3. The van der Waals surface area contributed by atoms with E-state index in [4.69, 9.17) is 17.3 Å². The second-order valence-electron chi connectivity index (χ2n) is 3.21. The van der Waals surface area contributed by atoms with Gasteiger partial charge < -0.3 is 21.5 Å². The number of aromatic hydroxyl groups is 1. The van der Waals surface area contributed by atoms with Gasteiger partial charge in [0.2, 0.25) is 0 Å². The van der Waals surface area contributed by atoms with Gasteiger partial charge in [0.05, 0.1) is 10.6 Å². The molecule has 7 heteroatoms. The zero-order valence-electron chi connectivity index (χ0n) is 8.87. The Bertz CT molecular complexity index is 437. The number of rotatable bonds is 4. The number of hydrogen-bond acceptors (Lipinski definition) is 3. The quantitative estimate of drug-likeness (QED) is 0.589. The van der Waals surface area contributed by atoms with E-state index in [1.807, 2.05) is 0 Å². The summed E-state index contributed by atoms with van der Waals surface area (Å²) in [5.41, 5.74) is 5.02. The third-order valence-corrected chi connectivity index (χ3v) is 2.23. The molecular formula is C10H12ClN3O3. The fourth-order valence-electron chi connectivity index (χ4n) is 1.14. The molecule has 0 aliphatic carbocycles. The number of hydrogen-bond donors (Lipinski definition) is 4. The van der Waals surface area contributed by atoms with Crippen molar-refractivity contribution in [2.24, 2.45) is 5.73 Å². The van der Waals surface area contributed by atoms with Gasteiger partial charge in [-0.05, 0) is 18.2 Å². The van der Waals surface area contributed by atoms with Crippen molar-refractivity contribution in [2.75, 3.05) is 13.1 Å². The number of benzene rings is 1. The molecule has 6 nitrogen and oxygen atoms in total. The topological polar surface area (TPSA) is 104 Å². The molecule has 0 saturated heterocycles. The van der Waals surface area contributed by atoms with Crippen LogP contribution in [0.3, 0.4) is 0 Å². The Morgan fingerprint density at radius 3 is 2.59 bits per heavy atom. The second-order valence-corrected chi connectivity index (χ2v) is 3.62. The lowest BCUT2D eigenvalue weighted by Crippen LogP contribution is -2.37. The van der Waals surface area contributed by atoms with Crippen LogP contribution in [-0.4, -0.2) is 30.1 Å². The molecule has 0 aliphatic heterocycles. The standard InChI is InChI=1S/C10H12ClN3O3/c11-8-2-1-6(15)5-7(8)9(16)13-3-4-14-10(12)17/h1-2,5,15H,3-4H2,(H,13,16)(H3,12,14,17). The Morgan fingerprint density at radius 2 is 1.94 bits per heavy atom. The van der Waals surface area contributed by atoms with Crippen LogP contribution in [0.4, 0.5) is 4.79 Å². The van der Waals surface area contributed by atoms with E-state index in [2.05, 4.69) is 10.6 Å². The monoisotopic (exact) mass is 257 g/mol. The first-order valence-corrected chi connectivity index (χ1v) is 5.18. The predicted octanol–water partition coefficient (Wildman–Crippen LogP) is 0.444. The van der Waals surface area contributed by atoms with Crippen LogP contribution in [0, 0.1) is 0 Å². The van der Waals surface area contributed by atoms with Gasteiger partial charge in [0.1, 0.15) is 5.75 Å². The zero-order valence-corrected chi connectivity index (χ0v) is 9.62. The smallest absolute Gasteiger partial charge is 0.312 e. The van der Waals surface area contributed by atoms with Crippen LogP contribution in [0.15, 0.2) is 18.2 Å². The van der Waals surface area contributed by atoms with Crippen molar-refractivity contribution in [3.8, 4) is 5.75 Å². The minimum Gasteiger partial charge on any atom is -0.508 e. The van der Waals surface area contributed by atoms with Crippen LogP contribution in [0.1, 0.15) is 10.4 Å². The Labute approximate surface area is 103 Å². The first kappa shape index (κ1) is 13.1. The van der Waals surface area contributed by atoms with E-state index < -0.39 is 11.9 Å². The van der Waals surface area contributed by atoms with Gasteiger partial charge in [0, 0.05) is 13.1 Å². The maximum Gasteiger partial charge on any atom is 0.312 e. The van der Waals surface area contributed by atoms with Crippen LogP contribution < -0.4 is 16.4 Å². The summed E-state index contributed by atoms with van der Waals surface area (Å²) in [5, 5.41) is 14.3. The number of carbonyl (C=O) groups excluding carboxylic acids is 2. The molecule has 3 amide bonds. The van der Waals surface area contributed by atoms with E-state index in [0.717, 1.165) is 0 Å². The van der Waals surface area contributed by atoms with Crippen molar-refractivity contribution in [3.63, 3.8) is 0 Å². The van der Waals surface area contributed by atoms with Gasteiger partial charge in [0.15, 0.2) is 0 Å². The molecule has 0 radical (unpaired) electrons. The fourth-order valence-corrected chi connectivity index (χ4v) is 1.35. The van der Waals surface area contributed by atoms with Crippen LogP contribution >= 0.6 is 11.6 Å². The van der Waals surface area contributed by atoms with Gasteiger partial charge in [-0.1, -0.05) is 11.6 Å². The maximum absolute atomic E-state index is 11.6. The highest BCUT2D eigenvalue weighted by Crippen LogP contribution is 2.20. The summed E-state index contributed by atoms with van der Waals surface area (Å²) in [6.07, 6.45) is 0. The molecular weight excluding hydrogens is 246 g/mol. The highest BCUT2D eigenvalue weighted by atomic mass is 35.5. The van der Waals surface area contributed by atoms with Gasteiger partial charge >= 0.3 is 6.03 Å². The number of phenolic OH excluding ortho intramolecular Hbond substituents is 1. The average molecular weight is 258 g/mol. The first-order valence-electron chi connectivity index (χ1n) is 4.80. The number of nitrogens with one attached hydrogen (secondary N) is 2. The van der Waals surface area contributed by atoms with Crippen molar-refractivity contribution in [2.45, 2.75) is 0 Å². The third kappa shape index (κ3) is 4.20. The molecule has 0 bridgehead atoms. The highest BCUT2D eigenvalue weighted by molar-refractivity contribution is 6.33. The number of carbonyl (C=O) groups is 2. The molecule has 1 rings (SSSR count). The first-order chi connectivity index (χ1) is 8.00. The molecule has 92 valence electrons. The minimum atomic E-state index is -0.658. The average Bonchev–Trinajstić information content (AvgIpc) is 2.27. The van der Waals surface area contributed by atoms with E-state index >= 15 is 0 Å². The summed E-state index contributed by atoms with van der Waals surface area (Å²) in [5.74, 6) is -0.480. The number of phenols is 1. The summed E-state index contributed by atoms with van der Waals surface area (Å²) in [7, 11) is 0. The predicted molar refractivity (Wildman–Crippen MR) is 63.0 cm³/mol. The molecule has 0 aliphatic rings. The SMILES string of the molecule is NC(=O)NCCNC(=O)c1cc(O)ccc1Cl. The van der Waals surface area contributed by atoms with E-state index in [9.17, 15) is 14.7 Å². The number of nitrogens with two attached hydrogens (primary N) is 1. The lowest BCUT2D eigenvalue weighted by Gasteiger charge is -2.07. The van der Waals surface area contributed by atoms with Crippen LogP contribution in [0.2, 0.25) is 5.02 Å². The van der Waals surface area contributed by atoms with Crippen molar-refractivity contribution in [1.82, 2.24) is 10.6 Å². The van der Waals surface area contributed by atoms with Crippen molar-refractivity contribution in [1.29, 1.82) is 0 Å². The molecule has 0 spiro atoms. The maximum atomic E-state index is 11.6. The summed E-state index contributed by atoms with van der Waals surface area (Å²) >= 11 is 5.79. The Kier molecular flexibility index (Phi) is 4.59. The Morgan fingerprint density at radius 1 is 1.29 bits per heavy atom. The lowest BCUT2D eigenvalue weighted by molar-refractivity contribution is 0.0953. The summed E-state index contributed by atoms with van der Waals surface area (Å²) in [4.78, 5) is 22.0. The summed E-state index contributed by atoms with van der Waals surface area (Å²) in [6.45, 7) is 0.436. The summed E-state index contributed by atoms with van der Waals surface area (Å²) < 4.78 is 0. The largest absolute Gasteiger partial charge is 0.508 e. The minimum absolute atomic E-state index is 0.0465. The van der Waals surface area contributed by atoms with Gasteiger partial charge in [-0.3, -0.25) is 4.79 Å². The van der Waals surface area contributed by atoms with E-state index in [0.29, 0.717) is 0 Å². The molecule has 0 heterocycles. The molecule has 0 unspecified atom stereocenters. The van der Waals surface area contributed by atoms with Gasteiger partial charge in [-0.15, -0.1) is 0 Å². The van der Waals surface area contributed by atoms with Crippen LogP contribution in [0.25, 0.3) is 0 Å². The van der Waals surface area contributed by atoms with Gasteiger partial charge in [0.25, 0.3) is 5.91 Å². The van der Waals surface area contributed by atoms with E-state index in [-0.39, 0.29) is 29.4 Å². The molecule has 17 heavy (non-hydrogen) atoms. The molecule has 5 N–H and O–H groups in total. The normalized spacial score (nSPS) is 9.71. The molecule has 1 aromatic carbocycles. The third-order valence-electron chi connectivity index (χ3n) is 1.90. The molecule has 0 fully saturated rings. The van der Waals surface area contributed by atoms with Crippen LogP contribution in [0.5, 0.6) is 5.75 Å².